The van der Waals surface area contributed by atoms with E-state index < -0.39 is 12.2 Å². The van der Waals surface area contributed by atoms with Gasteiger partial charge in [0, 0.05) is 7.11 Å². The quantitative estimate of drug-likeness (QED) is 0.905. The highest BCUT2D eigenvalue weighted by Crippen LogP contribution is 2.24. The molecule has 0 aromatic heterocycles. The topological polar surface area (TPSA) is 67.9 Å². The average Bonchev–Trinajstić information content (AvgIpc) is 2.79. The maximum absolute atomic E-state index is 12.3. The van der Waals surface area contributed by atoms with Crippen LogP contribution in [0.15, 0.2) is 18.2 Å². The lowest BCUT2D eigenvalue weighted by molar-refractivity contribution is -0.135. The number of hydrogen-bond acceptors (Lipinski definition) is 4. The van der Waals surface area contributed by atoms with Crippen molar-refractivity contribution in [3.63, 3.8) is 0 Å². The molecular weight excluding hydrogens is 260 g/mol. The number of carbonyl (C=O) groups is 2. The number of cyclic esters (lactones) is 1. The number of ether oxygens (including phenoxy) is 2. The predicted octanol–water partition coefficient (Wildman–Crippen LogP) is 1.47. The van der Waals surface area contributed by atoms with Gasteiger partial charge in [0.25, 0.3) is 5.91 Å². The highest BCUT2D eigenvalue weighted by molar-refractivity contribution is 5.85. The minimum Gasteiger partial charge on any atom is -0.446 e. The number of aryl methyl sites for hydroxylation is 2. The van der Waals surface area contributed by atoms with Crippen LogP contribution < -0.4 is 5.43 Å². The minimum atomic E-state index is -0.760. The molecule has 1 saturated heterocycles. The molecule has 1 unspecified atom stereocenters. The lowest BCUT2D eigenvalue weighted by Gasteiger charge is -2.22. The summed E-state index contributed by atoms with van der Waals surface area (Å²) in [5.74, 6) is -0.385. The number of amides is 2. The molecule has 2 amide bonds. The molecule has 1 aliphatic rings. The van der Waals surface area contributed by atoms with Crippen LogP contribution >= 0.6 is 0 Å². The van der Waals surface area contributed by atoms with E-state index in [-0.39, 0.29) is 12.5 Å². The molecule has 0 aliphatic carbocycles. The summed E-state index contributed by atoms with van der Waals surface area (Å²) < 4.78 is 10.1. The Hall–Kier alpha value is -2.08. The Labute approximate surface area is 117 Å². The molecule has 6 nitrogen and oxygen atoms in total. The van der Waals surface area contributed by atoms with E-state index in [0.29, 0.717) is 6.54 Å². The third kappa shape index (κ3) is 2.75. The third-order valence-corrected chi connectivity index (χ3v) is 3.28. The molecule has 1 aliphatic heterocycles. The molecule has 0 saturated carbocycles. The fourth-order valence-corrected chi connectivity index (χ4v) is 2.28. The van der Waals surface area contributed by atoms with E-state index in [4.69, 9.17) is 9.47 Å². The van der Waals surface area contributed by atoms with Gasteiger partial charge in [-0.1, -0.05) is 18.2 Å². The Bertz CT molecular complexity index is 510. The zero-order valence-electron chi connectivity index (χ0n) is 11.8. The summed E-state index contributed by atoms with van der Waals surface area (Å²) in [4.78, 5) is 23.6. The number of nitrogens with one attached hydrogen (secondary N) is 1. The highest BCUT2D eigenvalue weighted by Gasteiger charge is 2.29. The predicted molar refractivity (Wildman–Crippen MR) is 71.9 cm³/mol. The molecule has 6 heteroatoms. The summed E-state index contributed by atoms with van der Waals surface area (Å²) in [7, 11) is 1.47. The molecule has 1 fully saturated rings. The SMILES string of the molecule is COC(C(=O)NN1CCOC1=O)c1c(C)cccc1C. The number of nitrogens with zero attached hydrogens (tertiary/aromatic N) is 1. The van der Waals surface area contributed by atoms with Crippen molar-refractivity contribution in [2.75, 3.05) is 20.3 Å². The van der Waals surface area contributed by atoms with Gasteiger partial charge in [-0.25, -0.2) is 9.80 Å². The third-order valence-electron chi connectivity index (χ3n) is 3.28. The molecule has 1 aromatic rings. The van der Waals surface area contributed by atoms with Crippen LogP contribution in [0, 0.1) is 13.8 Å². The number of carbonyl (C=O) groups excluding carboxylic acids is 2. The van der Waals surface area contributed by atoms with E-state index in [1.807, 2.05) is 32.0 Å². The zero-order valence-corrected chi connectivity index (χ0v) is 11.8. The van der Waals surface area contributed by atoms with Gasteiger partial charge >= 0.3 is 6.09 Å². The molecule has 1 heterocycles. The van der Waals surface area contributed by atoms with E-state index in [0.717, 1.165) is 21.7 Å². The van der Waals surface area contributed by atoms with Crippen molar-refractivity contribution in [1.29, 1.82) is 0 Å². The molecule has 0 spiro atoms. The molecule has 2 rings (SSSR count). The second-order valence-corrected chi connectivity index (χ2v) is 4.66. The van der Waals surface area contributed by atoms with Crippen molar-refractivity contribution in [3.05, 3.63) is 34.9 Å². The van der Waals surface area contributed by atoms with E-state index in [1.54, 1.807) is 0 Å². The Morgan fingerprint density at radius 3 is 2.55 bits per heavy atom. The van der Waals surface area contributed by atoms with Crippen LogP contribution in [0.4, 0.5) is 4.79 Å². The Morgan fingerprint density at radius 2 is 2.05 bits per heavy atom. The van der Waals surface area contributed by atoms with Gasteiger partial charge in [0.15, 0.2) is 6.10 Å². The number of rotatable bonds is 4. The fraction of sp³-hybridized carbons (Fsp3) is 0.429. The summed E-state index contributed by atoms with van der Waals surface area (Å²) >= 11 is 0. The van der Waals surface area contributed by atoms with Gasteiger partial charge in [0.2, 0.25) is 0 Å². The average molecular weight is 278 g/mol. The summed E-state index contributed by atoms with van der Waals surface area (Å²) in [6.07, 6.45) is -1.31. The summed E-state index contributed by atoms with van der Waals surface area (Å²) in [5, 5.41) is 1.15. The molecule has 108 valence electrons. The van der Waals surface area contributed by atoms with Crippen LogP contribution in [0.3, 0.4) is 0 Å². The lowest BCUT2D eigenvalue weighted by Crippen LogP contribution is -2.45. The maximum atomic E-state index is 12.3. The Kier molecular flexibility index (Phi) is 4.24. The molecule has 0 radical (unpaired) electrons. The number of benzene rings is 1. The van der Waals surface area contributed by atoms with Gasteiger partial charge < -0.3 is 9.47 Å². The number of hydrogen-bond donors (Lipinski definition) is 1. The second-order valence-electron chi connectivity index (χ2n) is 4.66. The van der Waals surface area contributed by atoms with E-state index in [2.05, 4.69) is 5.43 Å². The second kappa shape index (κ2) is 5.92. The molecule has 0 bridgehead atoms. The summed E-state index contributed by atoms with van der Waals surface area (Å²) in [6.45, 7) is 4.46. The van der Waals surface area contributed by atoms with Crippen molar-refractivity contribution in [1.82, 2.24) is 10.4 Å². The van der Waals surface area contributed by atoms with Gasteiger partial charge in [0.1, 0.15) is 6.61 Å². The van der Waals surface area contributed by atoms with Gasteiger partial charge in [-0.2, -0.15) is 0 Å². The molecular formula is C14H18N2O4. The summed E-state index contributed by atoms with van der Waals surface area (Å²) in [5.41, 5.74) is 5.28. The first-order chi connectivity index (χ1) is 9.54. The number of methoxy groups -OCH3 is 1. The van der Waals surface area contributed by atoms with E-state index in [9.17, 15) is 9.59 Å². The van der Waals surface area contributed by atoms with Crippen LogP contribution in [-0.4, -0.2) is 37.3 Å². The standard InChI is InChI=1S/C14H18N2O4/c1-9-5-4-6-10(2)11(9)12(19-3)13(17)15-16-7-8-20-14(16)18/h4-6,12H,7-8H2,1-3H3,(H,15,17). The zero-order chi connectivity index (χ0) is 14.7. The Balaban J connectivity index is 2.19. The van der Waals surface area contributed by atoms with Gasteiger partial charge in [0.05, 0.1) is 6.54 Å². The first-order valence-corrected chi connectivity index (χ1v) is 6.38. The first-order valence-electron chi connectivity index (χ1n) is 6.38. The van der Waals surface area contributed by atoms with Crippen LogP contribution in [0.25, 0.3) is 0 Å². The van der Waals surface area contributed by atoms with Crippen molar-refractivity contribution in [3.8, 4) is 0 Å². The van der Waals surface area contributed by atoms with Crippen LogP contribution in [0.2, 0.25) is 0 Å². The van der Waals surface area contributed by atoms with Crippen molar-refractivity contribution < 1.29 is 19.1 Å². The smallest absolute Gasteiger partial charge is 0.428 e. The first kappa shape index (κ1) is 14.3. The van der Waals surface area contributed by atoms with Crippen molar-refractivity contribution in [2.45, 2.75) is 20.0 Å². The van der Waals surface area contributed by atoms with Crippen molar-refractivity contribution >= 4 is 12.0 Å². The van der Waals surface area contributed by atoms with Crippen LogP contribution in [-0.2, 0) is 14.3 Å². The monoisotopic (exact) mass is 278 g/mol. The normalized spacial score (nSPS) is 15.9. The number of hydrazine groups is 1. The van der Waals surface area contributed by atoms with Crippen LogP contribution in [0.1, 0.15) is 22.8 Å². The van der Waals surface area contributed by atoms with Gasteiger partial charge in [-0.15, -0.1) is 0 Å². The van der Waals surface area contributed by atoms with Gasteiger partial charge in [-0.05, 0) is 30.5 Å². The Morgan fingerprint density at radius 1 is 1.40 bits per heavy atom. The van der Waals surface area contributed by atoms with Gasteiger partial charge in [-0.3, -0.25) is 10.2 Å². The maximum Gasteiger partial charge on any atom is 0.428 e. The molecule has 20 heavy (non-hydrogen) atoms. The molecule has 1 N–H and O–H groups in total. The van der Waals surface area contributed by atoms with E-state index >= 15 is 0 Å². The van der Waals surface area contributed by atoms with Crippen molar-refractivity contribution in [2.24, 2.45) is 0 Å². The summed E-state index contributed by atoms with van der Waals surface area (Å²) in [6, 6.07) is 5.77. The fourth-order valence-electron chi connectivity index (χ4n) is 2.28. The van der Waals surface area contributed by atoms with E-state index in [1.165, 1.54) is 7.11 Å². The lowest BCUT2D eigenvalue weighted by atomic mass is 9.97. The highest BCUT2D eigenvalue weighted by atomic mass is 16.6. The molecule has 1 aromatic carbocycles. The van der Waals surface area contributed by atoms with Crippen LogP contribution in [0.5, 0.6) is 0 Å². The largest absolute Gasteiger partial charge is 0.446 e. The minimum absolute atomic E-state index is 0.278. The molecule has 1 atom stereocenters.